The Bertz CT molecular complexity index is 1180. The third kappa shape index (κ3) is 4.50. The molecule has 4 rings (SSSR count). The fourth-order valence-electron chi connectivity index (χ4n) is 3.94. The van der Waals surface area contributed by atoms with E-state index >= 15 is 0 Å². The highest BCUT2D eigenvalue weighted by atomic mass is 16.5. The third-order valence-corrected chi connectivity index (χ3v) is 5.35. The van der Waals surface area contributed by atoms with Crippen LogP contribution in [0.25, 0.3) is 22.6 Å². The van der Waals surface area contributed by atoms with E-state index in [1.54, 1.807) is 0 Å². The summed E-state index contributed by atoms with van der Waals surface area (Å²) in [6, 6.07) is 15.9. The standard InChI is InChI=1S/C26H26N2O3/c1-16(2)27-23(29)15-31-26(30)24-20-6-4-5-7-22(20)28-25-19(12-13-21(24)25)14-18-10-8-17(3)9-11-18/h4-11,14,16H,12-13,15H2,1-3H3,(H,27,29)/b19-14+. The van der Waals surface area contributed by atoms with Crippen LogP contribution < -0.4 is 5.32 Å². The fraction of sp³-hybridized carbons (Fsp3) is 0.269. The van der Waals surface area contributed by atoms with E-state index in [1.807, 2.05) is 38.1 Å². The third-order valence-electron chi connectivity index (χ3n) is 5.35. The van der Waals surface area contributed by atoms with Crippen molar-refractivity contribution in [1.82, 2.24) is 10.3 Å². The lowest BCUT2D eigenvalue weighted by Crippen LogP contribution is -2.34. The number of nitrogens with one attached hydrogen (secondary N) is 1. The lowest BCUT2D eigenvalue weighted by molar-refractivity contribution is -0.124. The van der Waals surface area contributed by atoms with Gasteiger partial charge in [0.2, 0.25) is 0 Å². The number of carbonyl (C=O) groups excluding carboxylic acids is 2. The van der Waals surface area contributed by atoms with Crippen molar-refractivity contribution in [2.75, 3.05) is 6.61 Å². The van der Waals surface area contributed by atoms with Crippen LogP contribution in [0.1, 0.15) is 53.0 Å². The summed E-state index contributed by atoms with van der Waals surface area (Å²) >= 11 is 0. The Morgan fingerprint density at radius 2 is 1.84 bits per heavy atom. The fourth-order valence-corrected chi connectivity index (χ4v) is 3.94. The normalized spacial score (nSPS) is 14.1. The molecule has 0 bridgehead atoms. The summed E-state index contributed by atoms with van der Waals surface area (Å²) in [6.45, 7) is 5.50. The number of allylic oxidation sites excluding steroid dienone is 1. The number of hydrogen-bond donors (Lipinski definition) is 1. The molecule has 5 nitrogen and oxygen atoms in total. The first kappa shape index (κ1) is 20.8. The molecule has 1 aliphatic carbocycles. The lowest BCUT2D eigenvalue weighted by Gasteiger charge is -2.13. The van der Waals surface area contributed by atoms with Gasteiger partial charge in [-0.1, -0.05) is 48.0 Å². The van der Waals surface area contributed by atoms with Gasteiger partial charge in [-0.15, -0.1) is 0 Å². The molecule has 1 aliphatic rings. The van der Waals surface area contributed by atoms with Crippen molar-refractivity contribution in [2.45, 2.75) is 39.7 Å². The molecule has 2 aromatic carbocycles. The van der Waals surface area contributed by atoms with Gasteiger partial charge in [-0.2, -0.15) is 0 Å². The molecule has 0 spiro atoms. The number of hydrogen-bond acceptors (Lipinski definition) is 4. The second kappa shape index (κ2) is 8.72. The summed E-state index contributed by atoms with van der Waals surface area (Å²) in [6.07, 6.45) is 3.66. The van der Waals surface area contributed by atoms with Crippen LogP contribution >= 0.6 is 0 Å². The van der Waals surface area contributed by atoms with E-state index in [9.17, 15) is 9.59 Å². The van der Waals surface area contributed by atoms with Gasteiger partial charge in [-0.05, 0) is 62.5 Å². The van der Waals surface area contributed by atoms with Crippen molar-refractivity contribution in [3.8, 4) is 0 Å². The average Bonchev–Trinajstić information content (AvgIpc) is 3.13. The molecule has 1 amide bonds. The largest absolute Gasteiger partial charge is 0.452 e. The predicted molar refractivity (Wildman–Crippen MR) is 123 cm³/mol. The number of ether oxygens (including phenoxy) is 1. The van der Waals surface area contributed by atoms with E-state index in [2.05, 4.69) is 42.6 Å². The Kier molecular flexibility index (Phi) is 5.85. The number of aromatic nitrogens is 1. The molecule has 1 aromatic heterocycles. The van der Waals surface area contributed by atoms with Gasteiger partial charge in [0.05, 0.1) is 16.8 Å². The highest BCUT2D eigenvalue weighted by molar-refractivity contribution is 6.07. The van der Waals surface area contributed by atoms with Gasteiger partial charge in [0.25, 0.3) is 5.91 Å². The van der Waals surface area contributed by atoms with Crippen LogP contribution in [0.3, 0.4) is 0 Å². The molecule has 0 aliphatic heterocycles. The number of aryl methyl sites for hydroxylation is 1. The van der Waals surface area contributed by atoms with E-state index < -0.39 is 5.97 Å². The zero-order valence-corrected chi connectivity index (χ0v) is 18.1. The number of amides is 1. The number of pyridine rings is 1. The maximum absolute atomic E-state index is 13.1. The lowest BCUT2D eigenvalue weighted by atomic mass is 10.0. The topological polar surface area (TPSA) is 68.3 Å². The van der Waals surface area contributed by atoms with Crippen LogP contribution in [0.5, 0.6) is 0 Å². The molecule has 158 valence electrons. The average molecular weight is 415 g/mol. The minimum Gasteiger partial charge on any atom is -0.452 e. The second-order valence-corrected chi connectivity index (χ2v) is 8.21. The Labute approximate surface area is 182 Å². The first-order valence-electron chi connectivity index (χ1n) is 10.6. The number of fused-ring (bicyclic) bond motifs is 2. The number of nitrogens with zero attached hydrogens (tertiary/aromatic N) is 1. The van der Waals surface area contributed by atoms with Crippen LogP contribution in [-0.4, -0.2) is 29.5 Å². The van der Waals surface area contributed by atoms with Crippen molar-refractivity contribution in [3.63, 3.8) is 0 Å². The van der Waals surface area contributed by atoms with Crippen molar-refractivity contribution in [1.29, 1.82) is 0 Å². The Hall–Kier alpha value is -3.47. The summed E-state index contributed by atoms with van der Waals surface area (Å²) in [4.78, 5) is 29.9. The van der Waals surface area contributed by atoms with Crippen molar-refractivity contribution in [3.05, 3.63) is 76.5 Å². The Balaban J connectivity index is 1.72. The molecule has 3 aromatic rings. The molecule has 0 radical (unpaired) electrons. The minimum atomic E-state index is -0.481. The Morgan fingerprint density at radius 3 is 2.58 bits per heavy atom. The molecule has 0 atom stereocenters. The van der Waals surface area contributed by atoms with Crippen LogP contribution in [-0.2, 0) is 16.0 Å². The maximum Gasteiger partial charge on any atom is 0.339 e. The molecule has 1 N–H and O–H groups in total. The molecular formula is C26H26N2O3. The Morgan fingerprint density at radius 1 is 1.10 bits per heavy atom. The number of carbonyl (C=O) groups is 2. The van der Waals surface area contributed by atoms with Crippen LogP contribution in [0, 0.1) is 6.92 Å². The SMILES string of the molecule is Cc1ccc(/C=C2\CCc3c2nc2ccccc2c3C(=O)OCC(=O)NC(C)C)cc1. The summed E-state index contributed by atoms with van der Waals surface area (Å²) in [5, 5.41) is 3.50. The van der Waals surface area contributed by atoms with Gasteiger partial charge in [0.15, 0.2) is 6.61 Å². The summed E-state index contributed by atoms with van der Waals surface area (Å²) in [5.41, 5.74) is 6.43. The molecule has 1 heterocycles. The van der Waals surface area contributed by atoms with Crippen molar-refractivity contribution >= 4 is 34.4 Å². The molecule has 5 heteroatoms. The summed E-state index contributed by atoms with van der Waals surface area (Å²) < 4.78 is 5.39. The zero-order chi connectivity index (χ0) is 22.0. The molecule has 31 heavy (non-hydrogen) atoms. The van der Waals surface area contributed by atoms with Crippen molar-refractivity contribution < 1.29 is 14.3 Å². The van der Waals surface area contributed by atoms with Gasteiger partial charge < -0.3 is 10.1 Å². The van der Waals surface area contributed by atoms with Crippen molar-refractivity contribution in [2.24, 2.45) is 0 Å². The van der Waals surface area contributed by atoms with Crippen LogP contribution in [0.2, 0.25) is 0 Å². The highest BCUT2D eigenvalue weighted by Crippen LogP contribution is 2.37. The quantitative estimate of drug-likeness (QED) is 0.614. The van der Waals surface area contributed by atoms with Crippen LogP contribution in [0.15, 0.2) is 48.5 Å². The van der Waals surface area contributed by atoms with E-state index in [0.717, 1.165) is 39.7 Å². The van der Waals surface area contributed by atoms with Gasteiger partial charge >= 0.3 is 5.97 Å². The number of rotatable bonds is 5. The first-order chi connectivity index (χ1) is 14.9. The van der Waals surface area contributed by atoms with Gasteiger partial charge in [-0.25, -0.2) is 9.78 Å². The number of benzene rings is 2. The number of para-hydroxylation sites is 1. The number of esters is 1. The van der Waals surface area contributed by atoms with E-state index in [4.69, 9.17) is 9.72 Å². The van der Waals surface area contributed by atoms with Gasteiger partial charge in [-0.3, -0.25) is 4.79 Å². The molecule has 0 saturated heterocycles. The first-order valence-corrected chi connectivity index (χ1v) is 10.6. The second-order valence-electron chi connectivity index (χ2n) is 8.21. The van der Waals surface area contributed by atoms with Gasteiger partial charge in [0, 0.05) is 11.4 Å². The maximum atomic E-state index is 13.1. The molecule has 0 saturated carbocycles. The zero-order valence-electron chi connectivity index (χ0n) is 18.1. The van der Waals surface area contributed by atoms with E-state index in [-0.39, 0.29) is 18.6 Å². The minimum absolute atomic E-state index is 0.00771. The monoisotopic (exact) mass is 414 g/mol. The van der Waals surface area contributed by atoms with Crippen LogP contribution in [0.4, 0.5) is 0 Å². The summed E-state index contributed by atoms with van der Waals surface area (Å²) in [7, 11) is 0. The van der Waals surface area contributed by atoms with E-state index in [0.29, 0.717) is 12.0 Å². The van der Waals surface area contributed by atoms with E-state index in [1.165, 1.54) is 5.56 Å². The highest BCUT2D eigenvalue weighted by Gasteiger charge is 2.28. The predicted octanol–water partition coefficient (Wildman–Crippen LogP) is 4.71. The van der Waals surface area contributed by atoms with Gasteiger partial charge in [0.1, 0.15) is 0 Å². The smallest absolute Gasteiger partial charge is 0.339 e. The molecular weight excluding hydrogens is 388 g/mol. The molecule has 0 unspecified atom stereocenters. The molecule has 0 fully saturated rings. The summed E-state index contributed by atoms with van der Waals surface area (Å²) in [5.74, 6) is -0.788.